The summed E-state index contributed by atoms with van der Waals surface area (Å²) in [4.78, 5) is 9.02. The molecule has 2 heterocycles. The molecule has 27 heavy (non-hydrogen) atoms. The van der Waals surface area contributed by atoms with Crippen LogP contribution in [-0.2, 0) is 10.0 Å². The van der Waals surface area contributed by atoms with Gasteiger partial charge in [-0.25, -0.2) is 18.4 Å². The van der Waals surface area contributed by atoms with Gasteiger partial charge in [-0.3, -0.25) is 0 Å². The number of nitrogens with zero attached hydrogens (tertiary/aromatic N) is 3. The molecular formula is C19H18ClN3O3S. The number of sulfonamides is 1. The van der Waals surface area contributed by atoms with Crippen molar-refractivity contribution in [2.24, 2.45) is 0 Å². The van der Waals surface area contributed by atoms with E-state index >= 15 is 0 Å². The van der Waals surface area contributed by atoms with E-state index in [-0.39, 0.29) is 11.0 Å². The Bertz CT molecular complexity index is 1070. The van der Waals surface area contributed by atoms with Crippen molar-refractivity contribution in [3.05, 3.63) is 59.8 Å². The monoisotopic (exact) mass is 403 g/mol. The summed E-state index contributed by atoms with van der Waals surface area (Å²) in [6.45, 7) is 0.779. The standard InChI is InChI=1S/C19H18ClN3O3S/c20-14-4-3-5-16(12-14)27(24,25)23-10-8-15(9-11-23)26-19-13-21-17-6-1-2-7-18(17)22-19/h1-7,12-13,15H,8-11H2. The first kappa shape index (κ1) is 18.2. The first-order valence-corrected chi connectivity index (χ1v) is 10.5. The van der Waals surface area contributed by atoms with Gasteiger partial charge in [0.15, 0.2) is 0 Å². The third-order valence-corrected chi connectivity index (χ3v) is 6.68. The number of hydrogen-bond acceptors (Lipinski definition) is 5. The van der Waals surface area contributed by atoms with Crippen LogP contribution in [0.1, 0.15) is 12.8 Å². The lowest BCUT2D eigenvalue weighted by Crippen LogP contribution is -2.41. The van der Waals surface area contributed by atoms with Gasteiger partial charge in [0.1, 0.15) is 6.10 Å². The predicted octanol–water partition coefficient (Wildman–Crippen LogP) is 3.52. The van der Waals surface area contributed by atoms with E-state index in [1.54, 1.807) is 24.4 Å². The molecule has 0 unspecified atom stereocenters. The molecule has 4 rings (SSSR count). The fraction of sp³-hybridized carbons (Fsp3) is 0.263. The third kappa shape index (κ3) is 3.90. The van der Waals surface area contributed by atoms with Gasteiger partial charge in [0.05, 0.1) is 22.1 Å². The van der Waals surface area contributed by atoms with E-state index in [1.807, 2.05) is 24.3 Å². The number of ether oxygens (including phenoxy) is 1. The fourth-order valence-electron chi connectivity index (χ4n) is 3.13. The van der Waals surface area contributed by atoms with Crippen molar-refractivity contribution >= 4 is 32.7 Å². The molecule has 0 amide bonds. The summed E-state index contributed by atoms with van der Waals surface area (Å²) in [5.74, 6) is 0.463. The zero-order valence-corrected chi connectivity index (χ0v) is 16.0. The van der Waals surface area contributed by atoms with E-state index in [9.17, 15) is 8.42 Å². The lowest BCUT2D eigenvalue weighted by molar-refractivity contribution is 0.130. The summed E-state index contributed by atoms with van der Waals surface area (Å²) in [6, 6.07) is 13.9. The van der Waals surface area contributed by atoms with Crippen LogP contribution in [0.25, 0.3) is 11.0 Å². The van der Waals surface area contributed by atoms with Gasteiger partial charge in [-0.15, -0.1) is 0 Å². The summed E-state index contributed by atoms with van der Waals surface area (Å²) < 4.78 is 32.9. The van der Waals surface area contributed by atoms with Crippen LogP contribution in [-0.4, -0.2) is 41.9 Å². The summed E-state index contributed by atoms with van der Waals surface area (Å²) in [5, 5.41) is 0.407. The minimum absolute atomic E-state index is 0.0914. The first-order chi connectivity index (χ1) is 13.0. The largest absolute Gasteiger partial charge is 0.473 e. The Labute approximate surface area is 162 Å². The summed E-state index contributed by atoms with van der Waals surface area (Å²) in [6.07, 6.45) is 2.70. The first-order valence-electron chi connectivity index (χ1n) is 8.66. The molecule has 0 saturated carbocycles. The van der Waals surface area contributed by atoms with E-state index in [0.29, 0.717) is 36.8 Å². The average molecular weight is 404 g/mol. The molecule has 0 bridgehead atoms. The number of para-hydroxylation sites is 2. The Morgan fingerprint density at radius 1 is 1.04 bits per heavy atom. The van der Waals surface area contributed by atoms with Crippen molar-refractivity contribution in [1.82, 2.24) is 14.3 Å². The lowest BCUT2D eigenvalue weighted by Gasteiger charge is -2.31. The average Bonchev–Trinajstić information content (AvgIpc) is 2.68. The third-order valence-electron chi connectivity index (χ3n) is 4.55. The van der Waals surface area contributed by atoms with Crippen molar-refractivity contribution < 1.29 is 13.2 Å². The van der Waals surface area contributed by atoms with Crippen LogP contribution in [0.5, 0.6) is 5.88 Å². The predicted molar refractivity (Wildman–Crippen MR) is 103 cm³/mol. The quantitative estimate of drug-likeness (QED) is 0.666. The second kappa shape index (κ2) is 7.42. The molecule has 0 spiro atoms. The number of aromatic nitrogens is 2. The molecule has 8 heteroatoms. The molecule has 1 aliphatic heterocycles. The molecule has 0 atom stereocenters. The van der Waals surface area contributed by atoms with Crippen LogP contribution in [0, 0.1) is 0 Å². The number of benzene rings is 2. The Hall–Kier alpha value is -2.22. The Balaban J connectivity index is 1.42. The molecule has 1 aliphatic rings. The lowest BCUT2D eigenvalue weighted by atomic mass is 10.1. The van der Waals surface area contributed by atoms with E-state index in [1.165, 1.54) is 10.4 Å². The highest BCUT2D eigenvalue weighted by Gasteiger charge is 2.30. The number of piperidine rings is 1. The molecular weight excluding hydrogens is 386 g/mol. The summed E-state index contributed by atoms with van der Waals surface area (Å²) in [5.41, 5.74) is 1.59. The molecule has 140 valence electrons. The molecule has 3 aromatic rings. The van der Waals surface area contributed by atoms with Gasteiger partial charge in [-0.05, 0) is 43.2 Å². The van der Waals surface area contributed by atoms with Crippen molar-refractivity contribution in [3.63, 3.8) is 0 Å². The number of fused-ring (bicyclic) bond motifs is 1. The topological polar surface area (TPSA) is 72.4 Å². The van der Waals surface area contributed by atoms with Gasteiger partial charge in [0, 0.05) is 18.1 Å². The van der Waals surface area contributed by atoms with Crippen LogP contribution in [0.15, 0.2) is 59.6 Å². The van der Waals surface area contributed by atoms with Gasteiger partial charge in [0.2, 0.25) is 15.9 Å². The van der Waals surface area contributed by atoms with E-state index in [0.717, 1.165) is 11.0 Å². The van der Waals surface area contributed by atoms with Crippen LogP contribution in [0.3, 0.4) is 0 Å². The molecule has 2 aromatic carbocycles. The minimum Gasteiger partial charge on any atom is -0.473 e. The van der Waals surface area contributed by atoms with Crippen molar-refractivity contribution in [3.8, 4) is 5.88 Å². The molecule has 1 aromatic heterocycles. The molecule has 0 radical (unpaired) electrons. The molecule has 1 saturated heterocycles. The number of halogens is 1. The second-order valence-corrected chi connectivity index (χ2v) is 8.75. The summed E-state index contributed by atoms with van der Waals surface area (Å²) >= 11 is 5.93. The molecule has 6 nitrogen and oxygen atoms in total. The SMILES string of the molecule is O=S(=O)(c1cccc(Cl)c1)N1CCC(Oc2cnc3ccccc3n2)CC1. The normalized spacial score (nSPS) is 16.5. The van der Waals surface area contributed by atoms with Gasteiger partial charge >= 0.3 is 0 Å². The highest BCUT2D eigenvalue weighted by Crippen LogP contribution is 2.25. The Morgan fingerprint density at radius 2 is 1.78 bits per heavy atom. The summed E-state index contributed by atoms with van der Waals surface area (Å²) in [7, 11) is -3.54. The second-order valence-electron chi connectivity index (χ2n) is 6.38. The van der Waals surface area contributed by atoms with Crippen LogP contribution >= 0.6 is 11.6 Å². The molecule has 0 N–H and O–H groups in total. The molecule has 1 fully saturated rings. The van der Waals surface area contributed by atoms with Gasteiger partial charge in [-0.2, -0.15) is 4.31 Å². The molecule has 0 aliphatic carbocycles. The fourth-order valence-corrected chi connectivity index (χ4v) is 4.91. The highest BCUT2D eigenvalue weighted by molar-refractivity contribution is 7.89. The van der Waals surface area contributed by atoms with Crippen molar-refractivity contribution in [1.29, 1.82) is 0 Å². The smallest absolute Gasteiger partial charge is 0.243 e. The van der Waals surface area contributed by atoms with Gasteiger partial charge in [-0.1, -0.05) is 29.8 Å². The van der Waals surface area contributed by atoms with E-state index < -0.39 is 10.0 Å². The van der Waals surface area contributed by atoms with Crippen molar-refractivity contribution in [2.75, 3.05) is 13.1 Å². The van der Waals surface area contributed by atoms with E-state index in [4.69, 9.17) is 16.3 Å². The number of hydrogen-bond donors (Lipinski definition) is 0. The Morgan fingerprint density at radius 3 is 2.52 bits per heavy atom. The van der Waals surface area contributed by atoms with Gasteiger partial charge in [0.25, 0.3) is 0 Å². The maximum Gasteiger partial charge on any atom is 0.243 e. The van der Waals surface area contributed by atoms with Crippen LogP contribution in [0.2, 0.25) is 5.02 Å². The minimum atomic E-state index is -3.54. The zero-order chi connectivity index (χ0) is 18.9. The maximum atomic E-state index is 12.8. The van der Waals surface area contributed by atoms with Crippen molar-refractivity contribution in [2.45, 2.75) is 23.8 Å². The van der Waals surface area contributed by atoms with E-state index in [2.05, 4.69) is 9.97 Å². The van der Waals surface area contributed by atoms with Crippen LogP contribution < -0.4 is 4.74 Å². The highest BCUT2D eigenvalue weighted by atomic mass is 35.5. The van der Waals surface area contributed by atoms with Gasteiger partial charge < -0.3 is 4.74 Å². The number of rotatable bonds is 4. The Kier molecular flexibility index (Phi) is 4.99. The van der Waals surface area contributed by atoms with Crippen LogP contribution in [0.4, 0.5) is 0 Å². The maximum absolute atomic E-state index is 12.8. The zero-order valence-electron chi connectivity index (χ0n) is 14.5.